The summed E-state index contributed by atoms with van der Waals surface area (Å²) in [5.74, 6) is 0. The number of hydrogen-bond acceptors (Lipinski definition) is 2. The van der Waals surface area contributed by atoms with Gasteiger partial charge in [0.15, 0.2) is 0 Å². The van der Waals surface area contributed by atoms with Crippen molar-refractivity contribution in [3.05, 3.63) is 0 Å². The summed E-state index contributed by atoms with van der Waals surface area (Å²) < 4.78 is 5.57. The van der Waals surface area contributed by atoms with Gasteiger partial charge in [-0.15, -0.1) is 0 Å². The molecule has 0 unspecified atom stereocenters. The summed E-state index contributed by atoms with van der Waals surface area (Å²) in [4.78, 5) is 10.3. The lowest BCUT2D eigenvalue weighted by molar-refractivity contribution is -0.906. The van der Waals surface area contributed by atoms with Gasteiger partial charge in [-0.1, -0.05) is 0 Å². The number of carbonyl (C=O) groups excluding carboxylic acids is 1. The van der Waals surface area contributed by atoms with Crippen LogP contribution in [0.1, 0.15) is 13.8 Å². The maximum absolute atomic E-state index is 10.3. The topological polar surface area (TPSA) is 52.3 Å². The lowest BCUT2D eigenvalue weighted by Gasteiger charge is -2.31. The van der Waals surface area contributed by atoms with E-state index >= 15 is 0 Å². The molecule has 2 N–H and O–H groups in total. The average molecular weight is 175 g/mol. The summed E-state index contributed by atoms with van der Waals surface area (Å²) in [5, 5.41) is 0. The molecule has 4 nitrogen and oxygen atoms in total. The molecule has 0 bridgehead atoms. The fourth-order valence-electron chi connectivity index (χ4n) is 0.906. The first-order valence-corrected chi connectivity index (χ1v) is 4.30. The summed E-state index contributed by atoms with van der Waals surface area (Å²) in [6.45, 7) is 7.56. The Morgan fingerprint density at radius 2 is 1.92 bits per heavy atom. The van der Waals surface area contributed by atoms with Crippen LogP contribution in [0.25, 0.3) is 0 Å². The molecule has 0 radical (unpaired) electrons. The number of rotatable bonds is 5. The largest absolute Gasteiger partial charge is 0.444 e. The SMILES string of the molecule is CC[N+](C)(CC)CCOC(N)=O. The maximum Gasteiger partial charge on any atom is 0.404 e. The molecular weight excluding hydrogens is 156 g/mol. The van der Waals surface area contributed by atoms with Gasteiger partial charge >= 0.3 is 6.09 Å². The molecule has 0 aromatic heterocycles. The Balaban J connectivity index is 3.65. The van der Waals surface area contributed by atoms with E-state index in [9.17, 15) is 4.79 Å². The highest BCUT2D eigenvalue weighted by Gasteiger charge is 2.15. The Morgan fingerprint density at radius 1 is 1.42 bits per heavy atom. The number of amides is 1. The third kappa shape index (κ3) is 4.18. The average Bonchev–Trinajstić information content (AvgIpc) is 2.03. The van der Waals surface area contributed by atoms with E-state index in [1.165, 1.54) is 0 Å². The van der Waals surface area contributed by atoms with Crippen molar-refractivity contribution in [1.82, 2.24) is 0 Å². The predicted octanol–water partition coefficient (Wildman–Crippen LogP) is 0.568. The predicted molar refractivity (Wildman–Crippen MR) is 47.7 cm³/mol. The van der Waals surface area contributed by atoms with Gasteiger partial charge in [-0.3, -0.25) is 0 Å². The van der Waals surface area contributed by atoms with Crippen molar-refractivity contribution in [3.8, 4) is 0 Å². The zero-order chi connectivity index (χ0) is 9.61. The van der Waals surface area contributed by atoms with Gasteiger partial charge in [-0.05, 0) is 13.8 Å². The van der Waals surface area contributed by atoms with Crippen LogP contribution in [0, 0.1) is 0 Å². The molecule has 0 aromatic carbocycles. The number of nitrogens with zero attached hydrogens (tertiary/aromatic N) is 1. The highest BCUT2D eigenvalue weighted by atomic mass is 16.5. The van der Waals surface area contributed by atoms with Crippen LogP contribution < -0.4 is 5.73 Å². The van der Waals surface area contributed by atoms with Gasteiger partial charge < -0.3 is 15.0 Å². The summed E-state index contributed by atoms with van der Waals surface area (Å²) in [7, 11) is 2.13. The first-order chi connectivity index (χ1) is 5.54. The molecule has 0 aliphatic rings. The molecular formula is C8H19N2O2+. The van der Waals surface area contributed by atoms with Crippen molar-refractivity contribution in [2.24, 2.45) is 5.73 Å². The molecule has 12 heavy (non-hydrogen) atoms. The highest BCUT2D eigenvalue weighted by molar-refractivity contribution is 5.64. The van der Waals surface area contributed by atoms with Crippen molar-refractivity contribution in [1.29, 1.82) is 0 Å². The van der Waals surface area contributed by atoms with Crippen LogP contribution in [-0.2, 0) is 4.74 Å². The van der Waals surface area contributed by atoms with Gasteiger partial charge in [0, 0.05) is 0 Å². The lowest BCUT2D eigenvalue weighted by atomic mass is 10.4. The van der Waals surface area contributed by atoms with E-state index in [1.807, 2.05) is 0 Å². The van der Waals surface area contributed by atoms with E-state index in [0.29, 0.717) is 6.61 Å². The first kappa shape index (κ1) is 11.2. The molecule has 0 aliphatic carbocycles. The first-order valence-electron chi connectivity index (χ1n) is 4.30. The number of likely N-dealkylation sites (N-methyl/N-ethyl adjacent to an activating group) is 1. The van der Waals surface area contributed by atoms with E-state index in [2.05, 4.69) is 25.6 Å². The Bertz CT molecular complexity index is 144. The summed E-state index contributed by atoms with van der Waals surface area (Å²) >= 11 is 0. The lowest BCUT2D eigenvalue weighted by Crippen LogP contribution is -2.46. The smallest absolute Gasteiger partial charge is 0.404 e. The third-order valence-electron chi connectivity index (χ3n) is 2.40. The second-order valence-corrected chi connectivity index (χ2v) is 3.14. The van der Waals surface area contributed by atoms with E-state index < -0.39 is 6.09 Å². The molecule has 0 atom stereocenters. The van der Waals surface area contributed by atoms with E-state index in [0.717, 1.165) is 24.1 Å². The van der Waals surface area contributed by atoms with Gasteiger partial charge in [-0.2, -0.15) is 0 Å². The van der Waals surface area contributed by atoms with Crippen molar-refractivity contribution >= 4 is 6.09 Å². The van der Waals surface area contributed by atoms with Crippen molar-refractivity contribution in [2.45, 2.75) is 13.8 Å². The van der Waals surface area contributed by atoms with Crippen LogP contribution in [0.3, 0.4) is 0 Å². The molecule has 1 amide bonds. The summed E-state index contributed by atoms with van der Waals surface area (Å²) in [6, 6.07) is 0. The van der Waals surface area contributed by atoms with Crippen molar-refractivity contribution in [3.63, 3.8) is 0 Å². The molecule has 0 aromatic rings. The fourth-order valence-corrected chi connectivity index (χ4v) is 0.906. The molecule has 0 fully saturated rings. The van der Waals surface area contributed by atoms with E-state index in [4.69, 9.17) is 5.73 Å². The van der Waals surface area contributed by atoms with Gasteiger partial charge in [-0.25, -0.2) is 4.79 Å². The maximum atomic E-state index is 10.3. The highest BCUT2D eigenvalue weighted by Crippen LogP contribution is 1.99. The fraction of sp³-hybridized carbons (Fsp3) is 0.875. The van der Waals surface area contributed by atoms with Crippen LogP contribution in [0.5, 0.6) is 0 Å². The zero-order valence-electron chi connectivity index (χ0n) is 8.17. The van der Waals surface area contributed by atoms with Gasteiger partial charge in [0.25, 0.3) is 0 Å². The zero-order valence-corrected chi connectivity index (χ0v) is 8.17. The van der Waals surface area contributed by atoms with Crippen LogP contribution in [0.2, 0.25) is 0 Å². The van der Waals surface area contributed by atoms with Crippen LogP contribution in [-0.4, -0.2) is 43.9 Å². The number of carbonyl (C=O) groups is 1. The van der Waals surface area contributed by atoms with Gasteiger partial charge in [0.05, 0.1) is 20.1 Å². The van der Waals surface area contributed by atoms with E-state index in [1.54, 1.807) is 0 Å². The minimum Gasteiger partial charge on any atom is -0.444 e. The summed E-state index contributed by atoms with van der Waals surface area (Å²) in [5.41, 5.74) is 4.84. The molecule has 0 aliphatic heterocycles. The number of primary amides is 1. The Labute approximate surface area is 73.9 Å². The number of hydrogen-bond donors (Lipinski definition) is 1. The molecule has 0 saturated heterocycles. The Morgan fingerprint density at radius 3 is 2.25 bits per heavy atom. The van der Waals surface area contributed by atoms with Crippen molar-refractivity contribution in [2.75, 3.05) is 33.3 Å². The monoisotopic (exact) mass is 175 g/mol. The van der Waals surface area contributed by atoms with Crippen LogP contribution in [0.4, 0.5) is 4.79 Å². The third-order valence-corrected chi connectivity index (χ3v) is 2.40. The molecule has 0 rings (SSSR count). The van der Waals surface area contributed by atoms with Crippen LogP contribution in [0.15, 0.2) is 0 Å². The minimum atomic E-state index is -0.686. The van der Waals surface area contributed by atoms with Gasteiger partial charge in [0.2, 0.25) is 0 Å². The molecule has 72 valence electrons. The van der Waals surface area contributed by atoms with Crippen LogP contribution >= 0.6 is 0 Å². The second kappa shape index (κ2) is 4.98. The van der Waals surface area contributed by atoms with Gasteiger partial charge in [0.1, 0.15) is 13.2 Å². The Kier molecular flexibility index (Phi) is 4.66. The number of ether oxygens (including phenoxy) is 1. The van der Waals surface area contributed by atoms with E-state index in [-0.39, 0.29) is 0 Å². The molecule has 0 heterocycles. The summed E-state index contributed by atoms with van der Waals surface area (Å²) in [6.07, 6.45) is -0.686. The van der Waals surface area contributed by atoms with Crippen molar-refractivity contribution < 1.29 is 14.0 Å². The quantitative estimate of drug-likeness (QED) is 0.621. The minimum absolute atomic E-state index is 0.410. The molecule has 4 heteroatoms. The Hall–Kier alpha value is -0.770. The number of nitrogens with two attached hydrogens (primary N) is 1. The number of quaternary nitrogens is 1. The second-order valence-electron chi connectivity index (χ2n) is 3.14. The molecule has 0 saturated carbocycles. The molecule has 0 spiro atoms. The standard InChI is InChI=1S/C8H18N2O2/c1-4-10(3,5-2)6-7-12-8(9)11/h4-7H2,1-3H3,(H-,9,11)/p+1. The normalized spacial score (nSPS) is 11.2.